The predicted octanol–water partition coefficient (Wildman–Crippen LogP) is 4.55. The second kappa shape index (κ2) is 61.0. The lowest BCUT2D eigenvalue weighted by atomic mass is 10.6. The summed E-state index contributed by atoms with van der Waals surface area (Å²) < 4.78 is 24.4. The van der Waals surface area contributed by atoms with Gasteiger partial charge >= 0.3 is 11.9 Å². The molecule has 282 valence electrons. The first-order chi connectivity index (χ1) is 20.6. The third kappa shape index (κ3) is 292. The van der Waals surface area contributed by atoms with E-state index in [2.05, 4.69) is 27.5 Å². The van der Waals surface area contributed by atoms with E-state index in [1.54, 1.807) is 42.3 Å². The highest BCUT2D eigenvalue weighted by Crippen LogP contribution is 1.82. The minimum Gasteiger partial charge on any atom is -0.469 e. The molecule has 0 heterocycles. The first-order valence-corrected chi connectivity index (χ1v) is 15.2. The zero-order chi connectivity index (χ0) is 40.2. The number of methoxy groups -OCH3 is 2. The summed E-state index contributed by atoms with van der Waals surface area (Å²) in [6.45, 7) is 23.2. The molecule has 0 saturated heterocycles. The molecule has 1 unspecified atom stereocenters. The first kappa shape index (κ1) is 69.6. The number of Topliss-reactive ketones (excluding diaryl/α,β-unsaturated/α-hetero) is 3. The average molecular weight is 694 g/mol. The molecular weight excluding hydrogens is 622 g/mol. The number of amides is 2. The largest absolute Gasteiger partial charge is 0.469 e. The van der Waals surface area contributed by atoms with Crippen molar-refractivity contribution >= 4 is 52.4 Å². The summed E-state index contributed by atoms with van der Waals surface area (Å²) in [5, 5.41) is 0. The highest BCUT2D eigenvalue weighted by Gasteiger charge is 1.95. The fourth-order valence-electron chi connectivity index (χ4n) is 0.149. The maximum atomic E-state index is 10.3. The molecule has 0 aromatic carbocycles. The van der Waals surface area contributed by atoms with Crippen LogP contribution in [0.2, 0.25) is 0 Å². The van der Waals surface area contributed by atoms with Crippen molar-refractivity contribution in [3.8, 4) is 0 Å². The Morgan fingerprint density at radius 2 is 0.609 bits per heavy atom. The monoisotopic (exact) mass is 693 g/mol. The van der Waals surface area contributed by atoms with Crippen molar-refractivity contribution in [1.82, 2.24) is 14.1 Å². The molecule has 1 atom stereocenters. The Morgan fingerprint density at radius 1 is 0.500 bits per heavy atom. The SMILES string of the molecule is CC.CC(=O)N(C)C.CC(=O)N(C)C.CC(C)=O.CC(C)=O.CC(C)=O.CCC.COC(C)=O.COC(C)=O.COS(=O)N(C)C. The second-order valence-electron chi connectivity index (χ2n) is 8.85. The summed E-state index contributed by atoms with van der Waals surface area (Å²) in [5.74, 6) is 0.194. The summed E-state index contributed by atoms with van der Waals surface area (Å²) in [4.78, 5) is 70.7. The van der Waals surface area contributed by atoms with E-state index < -0.39 is 11.3 Å². The lowest BCUT2D eigenvalue weighted by molar-refractivity contribution is -0.138. The van der Waals surface area contributed by atoms with Gasteiger partial charge in [-0.05, 0) is 41.5 Å². The Morgan fingerprint density at radius 3 is 0.609 bits per heavy atom. The summed E-state index contributed by atoms with van der Waals surface area (Å²) in [6, 6.07) is 0. The van der Waals surface area contributed by atoms with E-state index in [4.69, 9.17) is 0 Å². The third-order valence-corrected chi connectivity index (χ3v) is 3.16. The molecule has 14 nitrogen and oxygen atoms in total. The van der Waals surface area contributed by atoms with E-state index in [1.165, 1.54) is 111 Å². The molecule has 0 spiro atoms. The number of nitrogens with zero attached hydrogens (tertiary/aromatic N) is 3. The number of carbonyl (C=O) groups is 7. The topological polar surface area (TPSA) is 174 Å². The van der Waals surface area contributed by atoms with Crippen molar-refractivity contribution in [2.24, 2.45) is 0 Å². The van der Waals surface area contributed by atoms with Gasteiger partial charge in [-0.1, -0.05) is 34.1 Å². The Labute approximate surface area is 284 Å². The van der Waals surface area contributed by atoms with Gasteiger partial charge < -0.3 is 33.7 Å². The van der Waals surface area contributed by atoms with Gasteiger partial charge in [-0.15, -0.1) is 0 Å². The Bertz CT molecular complexity index is 671. The van der Waals surface area contributed by atoms with Crippen LogP contribution in [-0.4, -0.2) is 123 Å². The highest BCUT2D eigenvalue weighted by atomic mass is 32.2. The average Bonchev–Trinajstić information content (AvgIpc) is 2.90. The van der Waals surface area contributed by atoms with E-state index in [9.17, 15) is 37.8 Å². The molecule has 0 radical (unpaired) electrons. The van der Waals surface area contributed by atoms with Crippen LogP contribution in [0, 0.1) is 0 Å². The van der Waals surface area contributed by atoms with Crippen LogP contribution in [0.25, 0.3) is 0 Å². The predicted molar refractivity (Wildman–Crippen MR) is 189 cm³/mol. The molecular formula is C31H71N3O11S. The van der Waals surface area contributed by atoms with Crippen LogP contribution in [-0.2, 0) is 58.5 Å². The standard InChI is InChI=1S/2C4H9NO.C3H9NO2S.2C3H6O2.3C3H6O.C3H8.C2H6/c2*1-4(6)5(2)3;1-4(2)7(5)6-3;2*1-3(4)5-2;3*1-3(2)4;1-3-2;1-2/h2*1-3H3;1-3H3;2*1-2H3;3*1-2H3;3H2,1-2H3;1-2H3. The lowest BCUT2D eigenvalue weighted by Gasteiger charge is -2.03. The second-order valence-corrected chi connectivity index (χ2v) is 10.3. The number of esters is 2. The first-order valence-electron chi connectivity index (χ1n) is 14.1. The summed E-state index contributed by atoms with van der Waals surface area (Å²) in [6.07, 6.45) is 1.25. The number of ketones is 3. The molecule has 0 aliphatic carbocycles. The normalized spacial score (nSPS) is 8.00. The molecule has 0 aliphatic heterocycles. The maximum Gasteiger partial charge on any atom is 0.302 e. The molecule has 15 heteroatoms. The quantitative estimate of drug-likeness (QED) is 0.371. The molecule has 0 N–H and O–H groups in total. The fraction of sp³-hybridized carbons (Fsp3) is 0.774. The molecule has 0 aromatic heterocycles. The maximum absolute atomic E-state index is 10.3. The molecule has 0 aliphatic rings. The van der Waals surface area contributed by atoms with Crippen LogP contribution in [0.3, 0.4) is 0 Å². The van der Waals surface area contributed by atoms with Crippen molar-refractivity contribution < 1.29 is 51.4 Å². The zero-order valence-corrected chi connectivity index (χ0v) is 34.3. The number of hydrogen-bond acceptors (Lipinski definition) is 11. The molecule has 2 amide bonds. The molecule has 0 saturated carbocycles. The number of hydrogen-bond donors (Lipinski definition) is 0. The van der Waals surface area contributed by atoms with E-state index in [1.807, 2.05) is 13.8 Å². The Hall–Kier alpha value is -3.04. The van der Waals surface area contributed by atoms with Crippen LogP contribution < -0.4 is 0 Å². The molecule has 0 aromatic rings. The number of carbonyl (C=O) groups excluding carboxylic acids is 7. The van der Waals surface area contributed by atoms with Crippen LogP contribution in [0.5, 0.6) is 0 Å². The van der Waals surface area contributed by atoms with Crippen LogP contribution in [0.15, 0.2) is 0 Å². The van der Waals surface area contributed by atoms with Crippen LogP contribution >= 0.6 is 0 Å². The van der Waals surface area contributed by atoms with E-state index in [0.717, 1.165) is 0 Å². The van der Waals surface area contributed by atoms with Crippen molar-refractivity contribution in [3.05, 3.63) is 0 Å². The van der Waals surface area contributed by atoms with Crippen LogP contribution in [0.1, 0.15) is 103 Å². The summed E-state index contributed by atoms with van der Waals surface area (Å²) >= 11 is -1.25. The van der Waals surface area contributed by atoms with Crippen molar-refractivity contribution in [3.63, 3.8) is 0 Å². The summed E-state index contributed by atoms with van der Waals surface area (Å²) in [5.41, 5.74) is 0. The number of rotatable bonds is 2. The molecule has 46 heavy (non-hydrogen) atoms. The molecule has 0 rings (SSSR count). The fourth-order valence-corrected chi connectivity index (χ4v) is 0.447. The van der Waals surface area contributed by atoms with E-state index >= 15 is 0 Å². The van der Waals surface area contributed by atoms with Gasteiger partial charge in [-0.25, -0.2) is 8.51 Å². The van der Waals surface area contributed by atoms with Crippen LogP contribution in [0.4, 0.5) is 0 Å². The molecule has 0 bridgehead atoms. The van der Waals surface area contributed by atoms with Crippen molar-refractivity contribution in [1.29, 1.82) is 0 Å². The summed E-state index contributed by atoms with van der Waals surface area (Å²) in [7, 11) is 14.4. The third-order valence-electron chi connectivity index (χ3n) is 2.28. The van der Waals surface area contributed by atoms with Gasteiger partial charge in [0.15, 0.2) is 0 Å². The minimum absolute atomic E-state index is 0.0926. The zero-order valence-electron chi connectivity index (χ0n) is 33.4. The van der Waals surface area contributed by atoms with Gasteiger partial charge in [0.25, 0.3) is 0 Å². The Balaban J connectivity index is -0.0000000397. The van der Waals surface area contributed by atoms with Gasteiger partial charge in [0.2, 0.25) is 23.1 Å². The minimum atomic E-state index is -1.25. The van der Waals surface area contributed by atoms with Gasteiger partial charge in [-0.3, -0.25) is 23.4 Å². The smallest absolute Gasteiger partial charge is 0.302 e. The Kier molecular flexibility index (Phi) is 92.4. The van der Waals surface area contributed by atoms with Gasteiger partial charge in [0.1, 0.15) is 17.3 Å². The number of ether oxygens (including phenoxy) is 2. The van der Waals surface area contributed by atoms with Gasteiger partial charge in [-0.2, -0.15) is 0 Å². The van der Waals surface area contributed by atoms with Crippen molar-refractivity contribution in [2.45, 2.75) is 103 Å². The molecule has 0 fully saturated rings. The highest BCUT2D eigenvalue weighted by molar-refractivity contribution is 7.77. The van der Waals surface area contributed by atoms with E-state index in [0.29, 0.717) is 0 Å². The van der Waals surface area contributed by atoms with E-state index in [-0.39, 0.29) is 41.1 Å². The van der Waals surface area contributed by atoms with Gasteiger partial charge in [0, 0.05) is 70.0 Å². The van der Waals surface area contributed by atoms with Crippen molar-refractivity contribution in [2.75, 3.05) is 63.6 Å². The van der Waals surface area contributed by atoms with Gasteiger partial charge in [0.05, 0.1) is 21.3 Å². The lowest BCUT2D eigenvalue weighted by Crippen LogP contribution is -2.17.